The van der Waals surface area contributed by atoms with Crippen LogP contribution in [0.1, 0.15) is 26.2 Å². The van der Waals surface area contributed by atoms with Gasteiger partial charge in [0.15, 0.2) is 0 Å². The first-order valence-electron chi connectivity index (χ1n) is 6.66. The van der Waals surface area contributed by atoms with Gasteiger partial charge in [-0.1, -0.05) is 6.92 Å². The average molecular weight is 286 g/mol. The standard InChI is InChI=1S/C13H22N2O5/c1-4-13(11(17)18)5-7-15(8-6-13)12(19)14(2)9-10(16)20-3/h4-9H2,1-3H3,(H,17,18). The Labute approximate surface area is 118 Å². The molecule has 0 unspecified atom stereocenters. The van der Waals surface area contributed by atoms with Crippen molar-refractivity contribution >= 4 is 18.0 Å². The molecule has 0 aliphatic carbocycles. The van der Waals surface area contributed by atoms with Crippen molar-refractivity contribution in [3.63, 3.8) is 0 Å². The number of likely N-dealkylation sites (N-methyl/N-ethyl adjacent to an activating group) is 1. The summed E-state index contributed by atoms with van der Waals surface area (Å²) in [5, 5.41) is 9.30. The number of carboxylic acids is 1. The van der Waals surface area contributed by atoms with Gasteiger partial charge in [0.2, 0.25) is 0 Å². The van der Waals surface area contributed by atoms with Gasteiger partial charge >= 0.3 is 18.0 Å². The van der Waals surface area contributed by atoms with Crippen LogP contribution in [0.3, 0.4) is 0 Å². The molecule has 1 heterocycles. The number of amides is 2. The van der Waals surface area contributed by atoms with Crippen LogP contribution in [0.15, 0.2) is 0 Å². The minimum atomic E-state index is -0.796. The van der Waals surface area contributed by atoms with E-state index in [9.17, 15) is 19.5 Å². The summed E-state index contributed by atoms with van der Waals surface area (Å²) < 4.78 is 4.51. The molecule has 1 N–H and O–H groups in total. The maximum absolute atomic E-state index is 12.1. The van der Waals surface area contributed by atoms with E-state index in [2.05, 4.69) is 4.74 Å². The number of likely N-dealkylation sites (tertiary alicyclic amines) is 1. The number of carbonyl (C=O) groups excluding carboxylic acids is 2. The molecule has 0 atom stereocenters. The van der Waals surface area contributed by atoms with Crippen LogP contribution in [0.25, 0.3) is 0 Å². The predicted molar refractivity (Wildman–Crippen MR) is 71.2 cm³/mol. The zero-order valence-corrected chi connectivity index (χ0v) is 12.2. The third kappa shape index (κ3) is 3.40. The summed E-state index contributed by atoms with van der Waals surface area (Å²) in [6.07, 6.45) is 1.44. The van der Waals surface area contributed by atoms with Gasteiger partial charge in [0.05, 0.1) is 12.5 Å². The summed E-state index contributed by atoms with van der Waals surface area (Å²) in [4.78, 5) is 37.4. The largest absolute Gasteiger partial charge is 0.481 e. The lowest BCUT2D eigenvalue weighted by molar-refractivity contribution is -0.152. The van der Waals surface area contributed by atoms with Gasteiger partial charge < -0.3 is 19.6 Å². The number of nitrogens with zero attached hydrogens (tertiary/aromatic N) is 2. The molecule has 1 aliphatic rings. The second-order valence-electron chi connectivity index (χ2n) is 5.14. The van der Waals surface area contributed by atoms with Crippen LogP contribution >= 0.6 is 0 Å². The number of urea groups is 1. The Morgan fingerprint density at radius 1 is 1.30 bits per heavy atom. The van der Waals surface area contributed by atoms with Crippen LogP contribution in [0, 0.1) is 5.41 Å². The van der Waals surface area contributed by atoms with E-state index in [0.717, 1.165) is 0 Å². The number of hydrogen-bond donors (Lipinski definition) is 1. The zero-order valence-electron chi connectivity index (χ0n) is 12.2. The Balaban J connectivity index is 2.58. The molecule has 1 rings (SSSR count). The average Bonchev–Trinajstić information content (AvgIpc) is 2.46. The molecule has 114 valence electrons. The third-order valence-electron chi connectivity index (χ3n) is 4.04. The molecule has 1 fully saturated rings. The molecule has 0 aromatic heterocycles. The minimum absolute atomic E-state index is 0.107. The fraction of sp³-hybridized carbons (Fsp3) is 0.769. The van der Waals surface area contributed by atoms with Gasteiger partial charge in [0.25, 0.3) is 0 Å². The van der Waals surface area contributed by atoms with Crippen LogP contribution in [-0.4, -0.2) is 66.7 Å². The second kappa shape index (κ2) is 6.58. The molecule has 7 nitrogen and oxygen atoms in total. The quantitative estimate of drug-likeness (QED) is 0.772. The van der Waals surface area contributed by atoms with Gasteiger partial charge in [0.1, 0.15) is 6.54 Å². The minimum Gasteiger partial charge on any atom is -0.481 e. The molecule has 7 heteroatoms. The van der Waals surface area contributed by atoms with E-state index in [4.69, 9.17) is 0 Å². The lowest BCUT2D eigenvalue weighted by atomic mass is 9.76. The molecule has 0 radical (unpaired) electrons. The van der Waals surface area contributed by atoms with Crippen molar-refractivity contribution in [2.24, 2.45) is 5.41 Å². The first kappa shape index (κ1) is 16.3. The van der Waals surface area contributed by atoms with E-state index < -0.39 is 17.4 Å². The Bertz CT molecular complexity index is 388. The molecule has 0 saturated carbocycles. The van der Waals surface area contributed by atoms with E-state index in [1.165, 1.54) is 19.1 Å². The summed E-state index contributed by atoms with van der Waals surface area (Å²) >= 11 is 0. The number of carboxylic acid groups (broad SMARTS) is 1. The van der Waals surface area contributed by atoms with Gasteiger partial charge in [0, 0.05) is 20.1 Å². The Morgan fingerprint density at radius 2 is 1.85 bits per heavy atom. The van der Waals surface area contributed by atoms with Crippen LogP contribution < -0.4 is 0 Å². The van der Waals surface area contributed by atoms with Crippen molar-refractivity contribution < 1.29 is 24.2 Å². The number of esters is 1. The van der Waals surface area contributed by atoms with Gasteiger partial charge in [-0.3, -0.25) is 9.59 Å². The number of rotatable bonds is 4. The summed E-state index contributed by atoms with van der Waals surface area (Å²) in [6, 6.07) is -0.273. The fourth-order valence-corrected chi connectivity index (χ4v) is 2.41. The van der Waals surface area contributed by atoms with E-state index in [-0.39, 0.29) is 12.6 Å². The van der Waals surface area contributed by atoms with Crippen molar-refractivity contribution in [1.29, 1.82) is 0 Å². The Kier molecular flexibility index (Phi) is 5.35. The maximum atomic E-state index is 12.1. The van der Waals surface area contributed by atoms with E-state index in [1.807, 2.05) is 6.92 Å². The molecule has 0 bridgehead atoms. The van der Waals surface area contributed by atoms with Crippen LogP contribution in [0.2, 0.25) is 0 Å². The topological polar surface area (TPSA) is 87.2 Å². The first-order valence-corrected chi connectivity index (χ1v) is 6.66. The monoisotopic (exact) mass is 286 g/mol. The molecule has 0 aromatic rings. The molecule has 1 saturated heterocycles. The summed E-state index contributed by atoms with van der Waals surface area (Å²) in [6.45, 7) is 2.54. The smallest absolute Gasteiger partial charge is 0.325 e. The summed E-state index contributed by atoms with van der Waals surface area (Å²) in [7, 11) is 2.79. The van der Waals surface area contributed by atoms with Crippen molar-refractivity contribution in [3.05, 3.63) is 0 Å². The van der Waals surface area contributed by atoms with Crippen molar-refractivity contribution in [2.45, 2.75) is 26.2 Å². The number of hydrogen-bond acceptors (Lipinski definition) is 4. The number of carbonyl (C=O) groups is 3. The SMILES string of the molecule is CCC1(C(=O)O)CCN(C(=O)N(C)CC(=O)OC)CC1. The number of ether oxygens (including phenoxy) is 1. The molecule has 20 heavy (non-hydrogen) atoms. The molecule has 0 aromatic carbocycles. The van der Waals surface area contributed by atoms with E-state index in [0.29, 0.717) is 32.4 Å². The predicted octanol–water partition coefficient (Wildman–Crippen LogP) is 0.788. The Hall–Kier alpha value is -1.79. The van der Waals surface area contributed by atoms with Crippen LogP contribution in [0.4, 0.5) is 4.79 Å². The van der Waals surface area contributed by atoms with E-state index >= 15 is 0 Å². The van der Waals surface area contributed by atoms with Gasteiger partial charge in [-0.2, -0.15) is 0 Å². The molecular weight excluding hydrogens is 264 g/mol. The molecule has 0 spiro atoms. The molecule has 1 aliphatic heterocycles. The normalized spacial score (nSPS) is 17.4. The molecule has 2 amide bonds. The Morgan fingerprint density at radius 3 is 2.25 bits per heavy atom. The van der Waals surface area contributed by atoms with Gasteiger partial charge in [-0.15, -0.1) is 0 Å². The van der Waals surface area contributed by atoms with Crippen molar-refractivity contribution in [1.82, 2.24) is 9.80 Å². The third-order valence-corrected chi connectivity index (χ3v) is 4.04. The lowest BCUT2D eigenvalue weighted by Gasteiger charge is -2.39. The highest BCUT2D eigenvalue weighted by Gasteiger charge is 2.41. The van der Waals surface area contributed by atoms with Gasteiger partial charge in [-0.25, -0.2) is 4.79 Å². The van der Waals surface area contributed by atoms with Crippen LogP contribution in [-0.2, 0) is 14.3 Å². The molecular formula is C13H22N2O5. The highest BCUT2D eigenvalue weighted by atomic mass is 16.5. The summed E-state index contributed by atoms with van der Waals surface area (Å²) in [5.41, 5.74) is -0.725. The maximum Gasteiger partial charge on any atom is 0.325 e. The zero-order chi connectivity index (χ0) is 15.3. The highest BCUT2D eigenvalue weighted by Crippen LogP contribution is 2.35. The lowest BCUT2D eigenvalue weighted by Crippen LogP contribution is -2.50. The van der Waals surface area contributed by atoms with Crippen LogP contribution in [0.5, 0.6) is 0 Å². The highest BCUT2D eigenvalue weighted by molar-refractivity contribution is 5.81. The fourth-order valence-electron chi connectivity index (χ4n) is 2.41. The first-order chi connectivity index (χ1) is 9.36. The van der Waals surface area contributed by atoms with Crippen molar-refractivity contribution in [3.8, 4) is 0 Å². The van der Waals surface area contributed by atoms with Crippen molar-refractivity contribution in [2.75, 3.05) is 33.8 Å². The van der Waals surface area contributed by atoms with E-state index in [1.54, 1.807) is 4.90 Å². The van der Waals surface area contributed by atoms with Gasteiger partial charge in [-0.05, 0) is 19.3 Å². The number of methoxy groups -OCH3 is 1. The number of piperidine rings is 1. The number of aliphatic carboxylic acids is 1. The second-order valence-corrected chi connectivity index (χ2v) is 5.14. The summed E-state index contributed by atoms with van der Waals surface area (Å²) in [5.74, 6) is -1.28.